The molecule has 0 aliphatic rings. The Morgan fingerprint density at radius 3 is 2.75 bits per heavy atom. The monoisotopic (exact) mass is 307 g/mol. The van der Waals surface area contributed by atoms with Gasteiger partial charge < -0.3 is 5.32 Å². The lowest BCUT2D eigenvalue weighted by Gasteiger charge is -2.03. The van der Waals surface area contributed by atoms with E-state index in [1.165, 1.54) is 0 Å². The fourth-order valence-electron chi connectivity index (χ4n) is 1.13. The number of hydrogen-bond donors (Lipinski definition) is 2. The molecule has 5 nitrogen and oxygen atoms in total. The van der Waals surface area contributed by atoms with Crippen LogP contribution in [0.15, 0.2) is 22.8 Å². The maximum absolute atomic E-state index is 10.6. The van der Waals surface area contributed by atoms with E-state index in [4.69, 9.17) is 5.14 Å². The van der Waals surface area contributed by atoms with Crippen molar-refractivity contribution >= 4 is 26.0 Å². The zero-order chi connectivity index (χ0) is 12.0. The summed E-state index contributed by atoms with van der Waals surface area (Å²) >= 11 is 3.30. The molecule has 0 aromatic carbocycles. The number of halogens is 1. The summed E-state index contributed by atoms with van der Waals surface area (Å²) in [5.74, 6) is 0.00770. The Kier molecular flexibility index (Phi) is 5.33. The van der Waals surface area contributed by atoms with Gasteiger partial charge in [0, 0.05) is 17.2 Å². The third kappa shape index (κ3) is 6.16. The molecule has 1 heterocycles. The van der Waals surface area contributed by atoms with Gasteiger partial charge in [-0.25, -0.2) is 13.6 Å². The number of sulfonamides is 1. The average Bonchev–Trinajstić information content (AvgIpc) is 2.19. The molecule has 1 rings (SSSR count). The lowest BCUT2D eigenvalue weighted by atomic mass is 10.3. The normalized spacial score (nSPS) is 11.6. The van der Waals surface area contributed by atoms with Gasteiger partial charge in [-0.05, 0) is 41.0 Å². The van der Waals surface area contributed by atoms with Gasteiger partial charge in [0.15, 0.2) is 0 Å². The van der Waals surface area contributed by atoms with Gasteiger partial charge in [-0.1, -0.05) is 0 Å². The summed E-state index contributed by atoms with van der Waals surface area (Å²) in [5, 5.41) is 7.97. The van der Waals surface area contributed by atoms with E-state index in [1.54, 1.807) is 6.20 Å². The Morgan fingerprint density at radius 1 is 1.44 bits per heavy atom. The molecule has 1 aromatic heterocycles. The molecule has 90 valence electrons. The molecule has 0 aliphatic heterocycles. The third-order valence-electron chi connectivity index (χ3n) is 1.88. The van der Waals surface area contributed by atoms with Crippen molar-refractivity contribution in [2.24, 2.45) is 5.14 Å². The first-order chi connectivity index (χ1) is 7.47. The molecule has 0 atom stereocenters. The number of rotatable bonds is 6. The second-order valence-corrected chi connectivity index (χ2v) is 6.01. The van der Waals surface area contributed by atoms with Crippen molar-refractivity contribution in [2.45, 2.75) is 13.0 Å². The quantitative estimate of drug-likeness (QED) is 0.754. The van der Waals surface area contributed by atoms with Gasteiger partial charge in [0.25, 0.3) is 0 Å². The van der Waals surface area contributed by atoms with Crippen LogP contribution in [0.4, 0.5) is 0 Å². The zero-order valence-electron chi connectivity index (χ0n) is 8.69. The first-order valence-electron chi connectivity index (χ1n) is 4.79. The van der Waals surface area contributed by atoms with Crippen LogP contribution in [0.1, 0.15) is 12.1 Å². The number of nitrogens with two attached hydrogens (primary N) is 1. The standard InChI is InChI=1S/C9H14BrN3O2S/c10-8-2-3-9(13-6-8)7-12-4-1-5-16(11,14)15/h2-3,6,12H,1,4-5,7H2,(H2,11,14,15). The molecule has 0 amide bonds. The zero-order valence-corrected chi connectivity index (χ0v) is 11.1. The Balaban J connectivity index is 2.19. The number of aromatic nitrogens is 1. The van der Waals surface area contributed by atoms with Crippen molar-refractivity contribution in [1.82, 2.24) is 10.3 Å². The number of nitrogens with zero attached hydrogens (tertiary/aromatic N) is 1. The Morgan fingerprint density at radius 2 is 2.19 bits per heavy atom. The third-order valence-corrected chi connectivity index (χ3v) is 3.20. The van der Waals surface area contributed by atoms with E-state index in [-0.39, 0.29) is 5.75 Å². The molecule has 0 bridgehead atoms. The maximum Gasteiger partial charge on any atom is 0.209 e. The van der Waals surface area contributed by atoms with Gasteiger partial charge in [-0.15, -0.1) is 0 Å². The SMILES string of the molecule is NS(=O)(=O)CCCNCc1ccc(Br)cn1. The number of pyridine rings is 1. The van der Waals surface area contributed by atoms with Crippen molar-refractivity contribution < 1.29 is 8.42 Å². The molecule has 16 heavy (non-hydrogen) atoms. The number of nitrogens with one attached hydrogen (secondary N) is 1. The highest BCUT2D eigenvalue weighted by atomic mass is 79.9. The van der Waals surface area contributed by atoms with Crippen LogP contribution in [-0.4, -0.2) is 25.7 Å². The van der Waals surface area contributed by atoms with E-state index in [0.29, 0.717) is 19.5 Å². The Labute approximate surface area is 104 Å². The van der Waals surface area contributed by atoms with Crippen LogP contribution >= 0.6 is 15.9 Å². The predicted octanol–water partition coefficient (Wildman–Crippen LogP) is 0.612. The first-order valence-corrected chi connectivity index (χ1v) is 7.30. The molecule has 0 spiro atoms. The highest BCUT2D eigenvalue weighted by Crippen LogP contribution is 2.06. The van der Waals surface area contributed by atoms with Crippen molar-refractivity contribution in [3.8, 4) is 0 Å². The summed E-state index contributed by atoms with van der Waals surface area (Å²) < 4.78 is 22.2. The van der Waals surface area contributed by atoms with Gasteiger partial charge in [0.05, 0.1) is 11.4 Å². The van der Waals surface area contributed by atoms with E-state index in [9.17, 15) is 8.42 Å². The summed E-state index contributed by atoms with van der Waals surface area (Å²) in [5.41, 5.74) is 0.916. The highest BCUT2D eigenvalue weighted by molar-refractivity contribution is 9.10. The smallest absolute Gasteiger partial charge is 0.209 e. The van der Waals surface area contributed by atoms with Crippen molar-refractivity contribution in [1.29, 1.82) is 0 Å². The number of primary sulfonamides is 1. The van der Waals surface area contributed by atoms with Crippen LogP contribution in [0.25, 0.3) is 0 Å². The molecule has 0 unspecified atom stereocenters. The minimum absolute atomic E-state index is 0.00770. The van der Waals surface area contributed by atoms with Crippen LogP contribution in [0.2, 0.25) is 0 Å². The molecule has 0 fully saturated rings. The fourth-order valence-corrected chi connectivity index (χ4v) is 1.91. The van der Waals surface area contributed by atoms with E-state index >= 15 is 0 Å². The van der Waals surface area contributed by atoms with E-state index in [2.05, 4.69) is 26.2 Å². The molecule has 7 heteroatoms. The second kappa shape index (κ2) is 6.29. The molecule has 1 aromatic rings. The summed E-state index contributed by atoms with van der Waals surface area (Å²) in [4.78, 5) is 4.17. The maximum atomic E-state index is 10.6. The minimum Gasteiger partial charge on any atom is -0.311 e. The molecular formula is C9H14BrN3O2S. The largest absolute Gasteiger partial charge is 0.311 e. The molecule has 0 saturated carbocycles. The lowest BCUT2D eigenvalue weighted by molar-refractivity contribution is 0.590. The van der Waals surface area contributed by atoms with Gasteiger partial charge in [0.2, 0.25) is 10.0 Å². The number of hydrogen-bond acceptors (Lipinski definition) is 4. The van der Waals surface area contributed by atoms with Crippen molar-refractivity contribution in [2.75, 3.05) is 12.3 Å². The Bertz CT molecular complexity index is 419. The Hall–Kier alpha value is -0.500. The van der Waals surface area contributed by atoms with Gasteiger partial charge in [-0.3, -0.25) is 4.98 Å². The van der Waals surface area contributed by atoms with Crippen LogP contribution < -0.4 is 10.5 Å². The van der Waals surface area contributed by atoms with Gasteiger partial charge in [-0.2, -0.15) is 0 Å². The van der Waals surface area contributed by atoms with Crippen molar-refractivity contribution in [3.05, 3.63) is 28.5 Å². The lowest BCUT2D eigenvalue weighted by Crippen LogP contribution is -2.22. The average molecular weight is 308 g/mol. The fraction of sp³-hybridized carbons (Fsp3) is 0.444. The predicted molar refractivity (Wildman–Crippen MR) is 66.2 cm³/mol. The van der Waals surface area contributed by atoms with E-state index < -0.39 is 10.0 Å². The topological polar surface area (TPSA) is 85.1 Å². The summed E-state index contributed by atoms with van der Waals surface area (Å²) in [7, 11) is -3.34. The summed E-state index contributed by atoms with van der Waals surface area (Å²) in [6.45, 7) is 1.23. The highest BCUT2D eigenvalue weighted by Gasteiger charge is 2.01. The van der Waals surface area contributed by atoms with Crippen LogP contribution in [-0.2, 0) is 16.6 Å². The van der Waals surface area contributed by atoms with Crippen molar-refractivity contribution in [3.63, 3.8) is 0 Å². The summed E-state index contributed by atoms with van der Waals surface area (Å²) in [6.07, 6.45) is 2.23. The molecule has 0 saturated heterocycles. The van der Waals surface area contributed by atoms with E-state index in [1.807, 2.05) is 12.1 Å². The van der Waals surface area contributed by atoms with Gasteiger partial charge in [0.1, 0.15) is 0 Å². The first kappa shape index (κ1) is 13.6. The van der Waals surface area contributed by atoms with Crippen LogP contribution in [0.3, 0.4) is 0 Å². The molecule has 3 N–H and O–H groups in total. The van der Waals surface area contributed by atoms with Crippen LogP contribution in [0.5, 0.6) is 0 Å². The molecule has 0 aliphatic carbocycles. The van der Waals surface area contributed by atoms with Gasteiger partial charge >= 0.3 is 0 Å². The second-order valence-electron chi connectivity index (χ2n) is 3.37. The molecule has 0 radical (unpaired) electrons. The van der Waals surface area contributed by atoms with E-state index in [0.717, 1.165) is 10.2 Å². The molecular weight excluding hydrogens is 294 g/mol. The summed E-state index contributed by atoms with van der Waals surface area (Å²) in [6, 6.07) is 3.81. The van der Waals surface area contributed by atoms with Crippen LogP contribution in [0, 0.1) is 0 Å². The minimum atomic E-state index is -3.34.